The lowest BCUT2D eigenvalue weighted by molar-refractivity contribution is 0.0918. The van der Waals surface area contributed by atoms with E-state index >= 15 is 0 Å². The lowest BCUT2D eigenvalue weighted by Gasteiger charge is -2.22. The molecule has 0 amide bonds. The number of ether oxygens (including phenoxy) is 2. The largest absolute Gasteiger partial charge is 0.497 e. The summed E-state index contributed by atoms with van der Waals surface area (Å²) in [6.45, 7) is 7.58. The van der Waals surface area contributed by atoms with Gasteiger partial charge in [-0.1, -0.05) is 0 Å². The predicted octanol–water partition coefficient (Wildman–Crippen LogP) is 3.84. The molecule has 1 rings (SSSR count). The average molecular weight is 285 g/mol. The van der Waals surface area contributed by atoms with Crippen LogP contribution in [0.3, 0.4) is 0 Å². The van der Waals surface area contributed by atoms with Crippen LogP contribution in [-0.4, -0.2) is 19.3 Å². The molecule has 1 aromatic carbocycles. The maximum Gasteiger partial charge on any atom is 0.308 e. The molecule has 0 saturated carbocycles. The van der Waals surface area contributed by atoms with Gasteiger partial charge in [-0.25, -0.2) is 4.57 Å². The second kappa shape index (κ2) is 7.31. The second-order valence-corrected chi connectivity index (χ2v) is 5.04. The molecule has 0 N–H and O–H groups in total. The fourth-order valence-corrected chi connectivity index (χ4v) is 1.93. The molecule has 0 spiro atoms. The molecule has 6 heteroatoms. The Balaban J connectivity index is 3.12. The third kappa shape index (κ3) is 4.69. The van der Waals surface area contributed by atoms with E-state index in [1.54, 1.807) is 25.3 Å². The maximum atomic E-state index is 11.2. The van der Waals surface area contributed by atoms with E-state index in [-0.39, 0.29) is 20.8 Å². The summed E-state index contributed by atoms with van der Waals surface area (Å²) in [5.41, 5.74) is 0.597. The van der Waals surface area contributed by atoms with Gasteiger partial charge >= 0.3 is 8.61 Å². The number of hydrogen-bond acceptors (Lipinski definition) is 4. The quantitative estimate of drug-likeness (QED) is 0.562. The van der Waals surface area contributed by atoms with Gasteiger partial charge in [0.15, 0.2) is 0 Å². The summed E-state index contributed by atoms with van der Waals surface area (Å²) >= 11 is 0. The molecule has 0 aliphatic heterocycles. The Morgan fingerprint density at radius 1 is 1.16 bits per heavy atom. The Kier molecular flexibility index (Phi) is 6.06. The van der Waals surface area contributed by atoms with Gasteiger partial charge in [0.2, 0.25) is 0 Å². The molecule has 19 heavy (non-hydrogen) atoms. The SMILES string of the molecule is COc1ccc(N(OC(C)C)P=O)c(OC(C)C)c1. The number of hydrogen-bond donors (Lipinski definition) is 0. The summed E-state index contributed by atoms with van der Waals surface area (Å²) in [7, 11) is 1.33. The van der Waals surface area contributed by atoms with Crippen molar-refractivity contribution in [1.82, 2.24) is 0 Å². The summed E-state index contributed by atoms with van der Waals surface area (Å²) in [5.74, 6) is 1.24. The van der Waals surface area contributed by atoms with E-state index in [4.69, 9.17) is 14.3 Å². The zero-order valence-electron chi connectivity index (χ0n) is 11.9. The summed E-state index contributed by atoms with van der Waals surface area (Å²) in [6.07, 6.45) is -0.0921. The predicted molar refractivity (Wildman–Crippen MR) is 75.1 cm³/mol. The monoisotopic (exact) mass is 285 g/mol. The van der Waals surface area contributed by atoms with Crippen molar-refractivity contribution in [3.8, 4) is 11.5 Å². The van der Waals surface area contributed by atoms with Crippen molar-refractivity contribution in [3.05, 3.63) is 18.2 Å². The summed E-state index contributed by atoms with van der Waals surface area (Å²) in [4.78, 5) is 6.73. The van der Waals surface area contributed by atoms with Gasteiger partial charge in [0.25, 0.3) is 0 Å². The van der Waals surface area contributed by atoms with Crippen LogP contribution in [0.1, 0.15) is 27.7 Å². The third-order valence-corrected chi connectivity index (χ3v) is 2.58. The van der Waals surface area contributed by atoms with Crippen LogP contribution in [0.25, 0.3) is 0 Å². The molecule has 0 saturated heterocycles. The number of methoxy groups -OCH3 is 1. The highest BCUT2D eigenvalue weighted by Gasteiger charge is 2.17. The summed E-state index contributed by atoms with van der Waals surface area (Å²) < 4.78 is 22.1. The van der Waals surface area contributed by atoms with Crippen LogP contribution in [0.2, 0.25) is 0 Å². The van der Waals surface area contributed by atoms with Gasteiger partial charge in [-0.05, 0) is 39.8 Å². The first-order valence-electron chi connectivity index (χ1n) is 6.12. The first-order valence-corrected chi connectivity index (χ1v) is 6.89. The molecule has 0 aromatic heterocycles. The molecule has 0 atom stereocenters. The van der Waals surface area contributed by atoms with E-state index in [0.717, 1.165) is 0 Å². The molecule has 0 radical (unpaired) electrons. The minimum Gasteiger partial charge on any atom is -0.497 e. The van der Waals surface area contributed by atoms with E-state index in [2.05, 4.69) is 0 Å². The zero-order chi connectivity index (χ0) is 14.4. The molecule has 1 aromatic rings. The Bertz CT molecular complexity index is 423. The van der Waals surface area contributed by atoms with Crippen molar-refractivity contribution in [2.75, 3.05) is 11.9 Å². The summed E-state index contributed by atoms with van der Waals surface area (Å²) in [6, 6.07) is 5.27. The van der Waals surface area contributed by atoms with Crippen LogP contribution in [0.4, 0.5) is 5.69 Å². The van der Waals surface area contributed by atoms with Gasteiger partial charge in [-0.2, -0.15) is 4.83 Å². The Labute approximate surface area is 115 Å². The van der Waals surface area contributed by atoms with Crippen LogP contribution in [0, 0.1) is 0 Å². The van der Waals surface area contributed by atoms with Gasteiger partial charge in [0, 0.05) is 6.07 Å². The zero-order valence-corrected chi connectivity index (χ0v) is 12.8. The van der Waals surface area contributed by atoms with Crippen molar-refractivity contribution in [1.29, 1.82) is 0 Å². The van der Waals surface area contributed by atoms with Gasteiger partial charge < -0.3 is 9.47 Å². The van der Waals surface area contributed by atoms with Gasteiger partial charge in [0.1, 0.15) is 17.2 Å². The number of anilines is 1. The van der Waals surface area contributed by atoms with E-state index in [1.165, 1.54) is 4.83 Å². The van der Waals surface area contributed by atoms with Crippen molar-refractivity contribution in [2.24, 2.45) is 0 Å². The standard InChI is InChI=1S/C13H20NO4P/c1-9(2)17-13-8-11(16-5)6-7-12(13)14(19-15)18-10(3)4/h6-10H,1-5H3. The van der Waals surface area contributed by atoms with E-state index in [0.29, 0.717) is 17.2 Å². The smallest absolute Gasteiger partial charge is 0.308 e. The Morgan fingerprint density at radius 3 is 2.32 bits per heavy atom. The van der Waals surface area contributed by atoms with Crippen molar-refractivity contribution in [2.45, 2.75) is 39.9 Å². The van der Waals surface area contributed by atoms with E-state index in [9.17, 15) is 4.57 Å². The lowest BCUT2D eigenvalue weighted by Crippen LogP contribution is -2.19. The minimum absolute atomic E-state index is 0.00456. The Hall–Kier alpha value is -1.32. The fraction of sp³-hybridized carbons (Fsp3) is 0.538. The van der Waals surface area contributed by atoms with E-state index < -0.39 is 0 Å². The third-order valence-electron chi connectivity index (χ3n) is 2.12. The highest BCUT2D eigenvalue weighted by Crippen LogP contribution is 2.36. The van der Waals surface area contributed by atoms with Crippen LogP contribution < -0.4 is 14.3 Å². The Morgan fingerprint density at radius 2 is 1.84 bits per heavy atom. The van der Waals surface area contributed by atoms with Gasteiger partial charge in [-0.15, -0.1) is 0 Å². The number of rotatable bonds is 7. The fourth-order valence-electron chi connectivity index (χ4n) is 1.45. The molecule has 0 bridgehead atoms. The molecular formula is C13H20NO4P. The van der Waals surface area contributed by atoms with Crippen LogP contribution in [0.15, 0.2) is 18.2 Å². The molecule has 0 fully saturated rings. The van der Waals surface area contributed by atoms with Gasteiger partial charge in [-0.3, -0.25) is 4.84 Å². The topological polar surface area (TPSA) is 48.0 Å². The number of nitrogens with zero attached hydrogens (tertiary/aromatic N) is 1. The van der Waals surface area contributed by atoms with Crippen molar-refractivity contribution < 1.29 is 18.9 Å². The lowest BCUT2D eigenvalue weighted by atomic mass is 10.2. The molecule has 0 heterocycles. The highest BCUT2D eigenvalue weighted by atomic mass is 31.1. The second-order valence-electron chi connectivity index (χ2n) is 4.51. The van der Waals surface area contributed by atoms with Crippen LogP contribution in [0.5, 0.6) is 11.5 Å². The normalized spacial score (nSPS) is 11.1. The van der Waals surface area contributed by atoms with Crippen LogP contribution >= 0.6 is 8.61 Å². The maximum absolute atomic E-state index is 11.2. The first kappa shape index (κ1) is 15.7. The van der Waals surface area contributed by atoms with Gasteiger partial charge in [0.05, 0.1) is 19.3 Å². The average Bonchev–Trinajstić information content (AvgIpc) is 2.35. The first-order chi connectivity index (χ1) is 8.97. The van der Waals surface area contributed by atoms with Crippen LogP contribution in [-0.2, 0) is 9.40 Å². The molecule has 0 aliphatic rings. The van der Waals surface area contributed by atoms with Crippen molar-refractivity contribution >= 4 is 14.3 Å². The molecular weight excluding hydrogens is 265 g/mol. The van der Waals surface area contributed by atoms with E-state index in [1.807, 2.05) is 27.7 Å². The molecule has 106 valence electrons. The summed E-state index contributed by atoms with van der Waals surface area (Å²) in [5, 5.41) is 0. The minimum atomic E-state index is -0.252. The number of benzene rings is 1. The molecule has 0 aliphatic carbocycles. The van der Waals surface area contributed by atoms with Crippen molar-refractivity contribution in [3.63, 3.8) is 0 Å². The highest BCUT2D eigenvalue weighted by molar-refractivity contribution is 7.25. The molecule has 0 unspecified atom stereocenters. The molecule has 5 nitrogen and oxygen atoms in total.